The number of aliphatic imine (C=N–C) groups is 1. The molecule has 0 aromatic heterocycles. The monoisotopic (exact) mass is 511 g/mol. The minimum absolute atomic E-state index is 0.0729. The Bertz CT molecular complexity index is 1000. The van der Waals surface area contributed by atoms with Gasteiger partial charge in [-0.3, -0.25) is 4.79 Å². The van der Waals surface area contributed by atoms with E-state index in [9.17, 15) is 9.59 Å². The summed E-state index contributed by atoms with van der Waals surface area (Å²) in [5.74, 6) is -0.592. The van der Waals surface area contributed by atoms with Crippen LogP contribution in [0.4, 0.5) is 0 Å². The third-order valence-corrected chi connectivity index (χ3v) is 4.94. The summed E-state index contributed by atoms with van der Waals surface area (Å²) in [6.45, 7) is 1.70. The Balaban J connectivity index is 2.05. The SMILES string of the molecule is CCC(=O)Oc1c(Br)cc(Br)cc1/C=C1\N=C(c2ccccc2Cl)OC1=O. The van der Waals surface area contributed by atoms with Crippen molar-refractivity contribution < 1.29 is 19.1 Å². The zero-order chi connectivity index (χ0) is 19.6. The van der Waals surface area contributed by atoms with Gasteiger partial charge in [-0.1, -0.05) is 46.6 Å². The second-order valence-electron chi connectivity index (χ2n) is 5.45. The standard InChI is InChI=1S/C19H12Br2ClNO4/c1-2-16(24)26-17-10(7-11(20)9-13(17)21)8-15-19(25)27-18(23-15)12-5-3-4-6-14(12)22/h3-9H,2H2,1H3/b15-8-. The van der Waals surface area contributed by atoms with E-state index in [0.717, 1.165) is 4.47 Å². The predicted molar refractivity (Wildman–Crippen MR) is 110 cm³/mol. The molecular formula is C19H12Br2ClNO4. The van der Waals surface area contributed by atoms with Gasteiger partial charge in [-0.15, -0.1) is 0 Å². The Hall–Kier alpha value is -1.96. The molecule has 1 aliphatic heterocycles. The zero-order valence-corrected chi connectivity index (χ0v) is 17.9. The molecule has 2 aromatic carbocycles. The lowest BCUT2D eigenvalue weighted by Crippen LogP contribution is -2.08. The molecule has 0 bridgehead atoms. The van der Waals surface area contributed by atoms with E-state index in [1.54, 1.807) is 43.3 Å². The molecule has 138 valence electrons. The Morgan fingerprint density at radius 2 is 2.04 bits per heavy atom. The molecule has 0 unspecified atom stereocenters. The molecule has 0 amide bonds. The second-order valence-corrected chi connectivity index (χ2v) is 7.63. The number of esters is 2. The zero-order valence-electron chi connectivity index (χ0n) is 14.0. The van der Waals surface area contributed by atoms with Crippen LogP contribution in [-0.2, 0) is 14.3 Å². The molecule has 0 spiro atoms. The number of benzene rings is 2. The lowest BCUT2D eigenvalue weighted by atomic mass is 10.1. The Kier molecular flexibility index (Phi) is 6.14. The van der Waals surface area contributed by atoms with Crippen LogP contribution in [0.1, 0.15) is 24.5 Å². The summed E-state index contributed by atoms with van der Waals surface area (Å²) >= 11 is 12.9. The molecule has 2 aromatic rings. The minimum Gasteiger partial charge on any atom is -0.425 e. The first kappa shape index (κ1) is 19.8. The molecule has 27 heavy (non-hydrogen) atoms. The Morgan fingerprint density at radius 1 is 1.30 bits per heavy atom. The molecule has 0 radical (unpaired) electrons. The van der Waals surface area contributed by atoms with Crippen molar-refractivity contribution in [2.24, 2.45) is 4.99 Å². The highest BCUT2D eigenvalue weighted by molar-refractivity contribution is 9.11. The van der Waals surface area contributed by atoms with Gasteiger partial charge in [0, 0.05) is 16.5 Å². The van der Waals surface area contributed by atoms with Gasteiger partial charge in [0.25, 0.3) is 0 Å². The van der Waals surface area contributed by atoms with Crippen LogP contribution in [0.5, 0.6) is 5.75 Å². The fourth-order valence-corrected chi connectivity index (χ4v) is 3.84. The number of cyclic esters (lactones) is 1. The van der Waals surface area contributed by atoms with Crippen molar-refractivity contribution in [2.75, 3.05) is 0 Å². The van der Waals surface area contributed by atoms with E-state index in [-0.39, 0.29) is 18.0 Å². The summed E-state index contributed by atoms with van der Waals surface area (Å²) in [4.78, 5) is 28.2. The topological polar surface area (TPSA) is 65.0 Å². The lowest BCUT2D eigenvalue weighted by molar-refractivity contribution is -0.134. The molecular weight excluding hydrogens is 501 g/mol. The third kappa shape index (κ3) is 4.48. The summed E-state index contributed by atoms with van der Waals surface area (Å²) in [6.07, 6.45) is 1.72. The smallest absolute Gasteiger partial charge is 0.363 e. The average Bonchev–Trinajstić information content (AvgIpc) is 2.98. The van der Waals surface area contributed by atoms with E-state index < -0.39 is 11.9 Å². The van der Waals surface area contributed by atoms with Crippen molar-refractivity contribution in [3.8, 4) is 5.75 Å². The largest absolute Gasteiger partial charge is 0.425 e. The molecule has 0 fully saturated rings. The van der Waals surface area contributed by atoms with Crippen molar-refractivity contribution in [3.63, 3.8) is 0 Å². The number of carbonyl (C=O) groups is 2. The highest BCUT2D eigenvalue weighted by Crippen LogP contribution is 2.35. The van der Waals surface area contributed by atoms with E-state index >= 15 is 0 Å². The molecule has 0 aliphatic carbocycles. The molecule has 5 nitrogen and oxygen atoms in total. The Morgan fingerprint density at radius 3 is 2.74 bits per heavy atom. The maximum Gasteiger partial charge on any atom is 0.363 e. The van der Waals surface area contributed by atoms with Crippen LogP contribution < -0.4 is 4.74 Å². The highest BCUT2D eigenvalue weighted by Gasteiger charge is 2.26. The van der Waals surface area contributed by atoms with E-state index in [2.05, 4.69) is 36.9 Å². The number of hydrogen-bond acceptors (Lipinski definition) is 5. The fraction of sp³-hybridized carbons (Fsp3) is 0.105. The van der Waals surface area contributed by atoms with E-state index in [1.165, 1.54) is 6.08 Å². The van der Waals surface area contributed by atoms with Gasteiger partial charge in [0.15, 0.2) is 11.4 Å². The first-order valence-electron chi connectivity index (χ1n) is 7.86. The summed E-state index contributed by atoms with van der Waals surface area (Å²) in [5.41, 5.74) is 1.09. The van der Waals surface area contributed by atoms with Crippen LogP contribution in [-0.4, -0.2) is 17.8 Å². The molecule has 1 aliphatic rings. The van der Waals surface area contributed by atoms with Gasteiger partial charge in [-0.25, -0.2) is 9.79 Å². The van der Waals surface area contributed by atoms with Crippen LogP contribution >= 0.6 is 43.5 Å². The first-order chi connectivity index (χ1) is 12.9. The van der Waals surface area contributed by atoms with Gasteiger partial charge >= 0.3 is 11.9 Å². The Labute approximate surface area is 177 Å². The molecule has 0 saturated carbocycles. The minimum atomic E-state index is -0.617. The van der Waals surface area contributed by atoms with Crippen LogP contribution in [0, 0.1) is 0 Å². The number of ether oxygens (including phenoxy) is 2. The van der Waals surface area contributed by atoms with Gasteiger partial charge < -0.3 is 9.47 Å². The van der Waals surface area contributed by atoms with Crippen molar-refractivity contribution in [1.29, 1.82) is 0 Å². The van der Waals surface area contributed by atoms with Gasteiger partial charge in [-0.05, 0) is 46.3 Å². The van der Waals surface area contributed by atoms with Crippen molar-refractivity contribution >= 4 is 67.4 Å². The van der Waals surface area contributed by atoms with Gasteiger partial charge in [0.05, 0.1) is 15.1 Å². The highest BCUT2D eigenvalue weighted by atomic mass is 79.9. The number of hydrogen-bond donors (Lipinski definition) is 0. The van der Waals surface area contributed by atoms with E-state index in [4.69, 9.17) is 21.1 Å². The van der Waals surface area contributed by atoms with Crippen molar-refractivity contribution in [3.05, 3.63) is 67.2 Å². The van der Waals surface area contributed by atoms with Crippen LogP contribution in [0.15, 0.2) is 56.0 Å². The molecule has 1 heterocycles. The van der Waals surface area contributed by atoms with E-state index in [1.807, 2.05) is 0 Å². The average molecular weight is 514 g/mol. The first-order valence-corrected chi connectivity index (χ1v) is 9.82. The van der Waals surface area contributed by atoms with E-state index in [0.29, 0.717) is 26.4 Å². The number of carbonyl (C=O) groups excluding carboxylic acids is 2. The van der Waals surface area contributed by atoms with Gasteiger partial charge in [0.2, 0.25) is 5.90 Å². The summed E-state index contributed by atoms with van der Waals surface area (Å²) in [7, 11) is 0. The number of rotatable bonds is 4. The van der Waals surface area contributed by atoms with Crippen molar-refractivity contribution in [1.82, 2.24) is 0 Å². The quantitative estimate of drug-likeness (QED) is 0.307. The van der Waals surface area contributed by atoms with Crippen LogP contribution in [0.25, 0.3) is 6.08 Å². The molecule has 0 N–H and O–H groups in total. The maximum absolute atomic E-state index is 12.3. The van der Waals surface area contributed by atoms with Crippen molar-refractivity contribution in [2.45, 2.75) is 13.3 Å². The third-order valence-electron chi connectivity index (χ3n) is 3.56. The summed E-state index contributed by atoms with van der Waals surface area (Å²) in [5, 5.41) is 0.424. The van der Waals surface area contributed by atoms with Gasteiger partial charge in [-0.2, -0.15) is 0 Å². The van der Waals surface area contributed by atoms with Crippen LogP contribution in [0.3, 0.4) is 0 Å². The van der Waals surface area contributed by atoms with Gasteiger partial charge in [0.1, 0.15) is 0 Å². The molecule has 0 saturated heterocycles. The normalized spacial score (nSPS) is 14.9. The molecule has 3 rings (SSSR count). The molecule has 8 heteroatoms. The van der Waals surface area contributed by atoms with Crippen LogP contribution in [0.2, 0.25) is 5.02 Å². The summed E-state index contributed by atoms with van der Waals surface area (Å²) < 4.78 is 11.9. The lowest BCUT2D eigenvalue weighted by Gasteiger charge is -2.10. The number of nitrogens with zero attached hydrogens (tertiary/aromatic N) is 1. The predicted octanol–water partition coefficient (Wildman–Crippen LogP) is 5.52. The fourth-order valence-electron chi connectivity index (χ4n) is 2.29. The maximum atomic E-state index is 12.3. The second kappa shape index (κ2) is 8.37. The summed E-state index contributed by atoms with van der Waals surface area (Å²) in [6, 6.07) is 10.4. The number of halogens is 3. The molecule has 0 atom stereocenters.